The Balaban J connectivity index is 1.98. The molecule has 0 radical (unpaired) electrons. The van der Waals surface area contributed by atoms with Crippen LogP contribution in [-0.2, 0) is 9.53 Å². The molecule has 1 atom stereocenters. The topological polar surface area (TPSA) is 99.0 Å². The molecule has 0 unspecified atom stereocenters. The Morgan fingerprint density at radius 2 is 2.00 bits per heavy atom. The normalized spacial score (nSPS) is 12.0. The summed E-state index contributed by atoms with van der Waals surface area (Å²) >= 11 is 0. The van der Waals surface area contributed by atoms with Gasteiger partial charge >= 0.3 is 5.97 Å². The minimum absolute atomic E-state index is 0.0503. The monoisotopic (exact) mass is 303 g/mol. The van der Waals surface area contributed by atoms with Gasteiger partial charge in [-0.2, -0.15) is 5.10 Å². The average Bonchev–Trinajstić information content (AvgIpc) is 2.96. The number of hydrogen-bond donors (Lipinski definition) is 1. The van der Waals surface area contributed by atoms with E-state index in [1.165, 1.54) is 25.5 Å². The summed E-state index contributed by atoms with van der Waals surface area (Å²) in [5, 5.41) is 6.79. The van der Waals surface area contributed by atoms with Gasteiger partial charge in [0.1, 0.15) is 5.82 Å². The van der Waals surface area contributed by atoms with Gasteiger partial charge in [-0.3, -0.25) is 9.78 Å². The molecule has 2 rings (SSSR count). The predicted molar refractivity (Wildman–Crippen MR) is 78.2 cm³/mol. The van der Waals surface area contributed by atoms with E-state index in [4.69, 9.17) is 4.74 Å². The minimum atomic E-state index is -0.968. The number of hydrogen-bond acceptors (Lipinski definition) is 6. The summed E-state index contributed by atoms with van der Waals surface area (Å²) in [5.74, 6) is -0.602. The fraction of sp³-hybridized carbons (Fsp3) is 0.357. The maximum Gasteiger partial charge on any atom is 0.359 e. The second-order valence-corrected chi connectivity index (χ2v) is 4.88. The molecule has 8 heteroatoms. The Morgan fingerprint density at radius 3 is 2.64 bits per heavy atom. The van der Waals surface area contributed by atoms with Crippen LogP contribution < -0.4 is 5.32 Å². The van der Waals surface area contributed by atoms with Gasteiger partial charge in [-0.25, -0.2) is 14.5 Å². The highest BCUT2D eigenvalue weighted by Crippen LogP contribution is 2.13. The van der Waals surface area contributed by atoms with Crippen LogP contribution in [0.2, 0.25) is 0 Å². The Morgan fingerprint density at radius 1 is 1.23 bits per heavy atom. The lowest BCUT2D eigenvalue weighted by molar-refractivity contribution is -0.123. The number of rotatable bonds is 5. The van der Waals surface area contributed by atoms with E-state index in [0.717, 1.165) is 0 Å². The molecule has 116 valence electrons. The standard InChI is InChI=1S/C14H17N5O3/c1-9(2)19-12(4-5-17-19)18-13(20)10(3)22-14(21)11-8-15-6-7-16-11/h4-10H,1-3H3,(H,18,20)/t10-/m0/s1. The number of nitrogens with one attached hydrogen (secondary N) is 1. The highest BCUT2D eigenvalue weighted by Gasteiger charge is 2.21. The maximum absolute atomic E-state index is 12.1. The zero-order valence-electron chi connectivity index (χ0n) is 12.6. The highest BCUT2D eigenvalue weighted by atomic mass is 16.5. The molecule has 0 aromatic carbocycles. The van der Waals surface area contributed by atoms with E-state index in [0.29, 0.717) is 5.82 Å². The lowest BCUT2D eigenvalue weighted by Crippen LogP contribution is -2.31. The molecule has 0 spiro atoms. The van der Waals surface area contributed by atoms with Crippen molar-refractivity contribution < 1.29 is 14.3 Å². The van der Waals surface area contributed by atoms with Gasteiger partial charge in [-0.1, -0.05) is 0 Å². The van der Waals surface area contributed by atoms with Crippen LogP contribution in [-0.4, -0.2) is 37.7 Å². The quantitative estimate of drug-likeness (QED) is 0.839. The first-order chi connectivity index (χ1) is 10.5. The Labute approximate surface area is 127 Å². The summed E-state index contributed by atoms with van der Waals surface area (Å²) in [6.07, 6.45) is 4.72. The number of anilines is 1. The summed E-state index contributed by atoms with van der Waals surface area (Å²) < 4.78 is 6.73. The first kappa shape index (κ1) is 15.6. The van der Waals surface area contributed by atoms with E-state index < -0.39 is 18.0 Å². The minimum Gasteiger partial charge on any atom is -0.448 e. The third-order valence-corrected chi connectivity index (χ3v) is 2.84. The molecule has 0 saturated carbocycles. The number of ether oxygens (including phenoxy) is 1. The fourth-order valence-corrected chi connectivity index (χ4v) is 1.73. The molecule has 22 heavy (non-hydrogen) atoms. The van der Waals surface area contributed by atoms with E-state index in [1.807, 2.05) is 13.8 Å². The largest absolute Gasteiger partial charge is 0.448 e. The van der Waals surface area contributed by atoms with E-state index in [2.05, 4.69) is 20.4 Å². The average molecular weight is 303 g/mol. The molecular weight excluding hydrogens is 286 g/mol. The third kappa shape index (κ3) is 3.66. The molecule has 2 aromatic rings. The van der Waals surface area contributed by atoms with Crippen LogP contribution in [0.1, 0.15) is 37.3 Å². The van der Waals surface area contributed by atoms with Crippen LogP contribution in [0.5, 0.6) is 0 Å². The van der Waals surface area contributed by atoms with Crippen molar-refractivity contribution in [2.75, 3.05) is 5.32 Å². The second kappa shape index (κ2) is 6.79. The van der Waals surface area contributed by atoms with E-state index in [9.17, 15) is 9.59 Å². The number of amides is 1. The number of esters is 1. The van der Waals surface area contributed by atoms with Crippen molar-refractivity contribution in [1.29, 1.82) is 0 Å². The van der Waals surface area contributed by atoms with Crippen molar-refractivity contribution in [2.45, 2.75) is 32.9 Å². The van der Waals surface area contributed by atoms with E-state index in [1.54, 1.807) is 16.9 Å². The van der Waals surface area contributed by atoms with Crippen LogP contribution in [0, 0.1) is 0 Å². The van der Waals surface area contributed by atoms with Crippen molar-refractivity contribution in [3.8, 4) is 0 Å². The van der Waals surface area contributed by atoms with E-state index in [-0.39, 0.29) is 11.7 Å². The van der Waals surface area contributed by atoms with Crippen LogP contribution >= 0.6 is 0 Å². The van der Waals surface area contributed by atoms with Gasteiger partial charge in [0, 0.05) is 24.5 Å². The molecule has 2 heterocycles. The van der Waals surface area contributed by atoms with Gasteiger partial charge in [0.2, 0.25) is 0 Å². The molecule has 0 aliphatic heterocycles. The molecule has 2 aromatic heterocycles. The fourth-order valence-electron chi connectivity index (χ4n) is 1.73. The number of aromatic nitrogens is 4. The highest BCUT2D eigenvalue weighted by molar-refractivity contribution is 5.96. The number of carbonyl (C=O) groups excluding carboxylic acids is 2. The molecule has 1 N–H and O–H groups in total. The lowest BCUT2D eigenvalue weighted by atomic mass is 10.3. The summed E-state index contributed by atoms with van der Waals surface area (Å²) in [7, 11) is 0. The van der Waals surface area contributed by atoms with Crippen molar-refractivity contribution in [3.05, 3.63) is 36.5 Å². The number of nitrogens with zero attached hydrogens (tertiary/aromatic N) is 4. The molecular formula is C14H17N5O3. The Kier molecular flexibility index (Phi) is 4.82. The summed E-state index contributed by atoms with van der Waals surface area (Å²) in [4.78, 5) is 31.5. The van der Waals surface area contributed by atoms with Gasteiger partial charge in [-0.15, -0.1) is 0 Å². The van der Waals surface area contributed by atoms with Crippen molar-refractivity contribution in [2.24, 2.45) is 0 Å². The van der Waals surface area contributed by atoms with Crippen molar-refractivity contribution >= 4 is 17.7 Å². The van der Waals surface area contributed by atoms with Crippen molar-refractivity contribution in [3.63, 3.8) is 0 Å². The predicted octanol–water partition coefficient (Wildman–Crippen LogP) is 1.44. The summed E-state index contributed by atoms with van der Waals surface area (Å²) in [5.41, 5.74) is 0.0503. The lowest BCUT2D eigenvalue weighted by Gasteiger charge is -2.15. The van der Waals surface area contributed by atoms with Crippen LogP contribution in [0.4, 0.5) is 5.82 Å². The summed E-state index contributed by atoms with van der Waals surface area (Å²) in [6, 6.07) is 1.78. The van der Waals surface area contributed by atoms with Gasteiger partial charge in [0.15, 0.2) is 11.8 Å². The van der Waals surface area contributed by atoms with Gasteiger partial charge in [0.05, 0.1) is 12.4 Å². The Hall–Kier alpha value is -2.77. The summed E-state index contributed by atoms with van der Waals surface area (Å²) in [6.45, 7) is 5.38. The first-order valence-corrected chi connectivity index (χ1v) is 6.80. The van der Waals surface area contributed by atoms with Gasteiger partial charge in [0.25, 0.3) is 5.91 Å². The molecule has 0 fully saturated rings. The third-order valence-electron chi connectivity index (χ3n) is 2.84. The molecule has 0 aliphatic carbocycles. The molecule has 0 aliphatic rings. The van der Waals surface area contributed by atoms with Crippen LogP contribution in [0.25, 0.3) is 0 Å². The first-order valence-electron chi connectivity index (χ1n) is 6.80. The van der Waals surface area contributed by atoms with Crippen LogP contribution in [0.3, 0.4) is 0 Å². The van der Waals surface area contributed by atoms with Crippen molar-refractivity contribution in [1.82, 2.24) is 19.7 Å². The molecule has 8 nitrogen and oxygen atoms in total. The van der Waals surface area contributed by atoms with Gasteiger partial charge < -0.3 is 10.1 Å². The maximum atomic E-state index is 12.1. The zero-order valence-corrected chi connectivity index (χ0v) is 12.6. The molecule has 0 saturated heterocycles. The number of carbonyl (C=O) groups is 2. The van der Waals surface area contributed by atoms with E-state index >= 15 is 0 Å². The van der Waals surface area contributed by atoms with Gasteiger partial charge in [-0.05, 0) is 20.8 Å². The SMILES string of the molecule is CC(C)n1nccc1NC(=O)[C@H](C)OC(=O)c1cnccn1. The second-order valence-electron chi connectivity index (χ2n) is 4.88. The Bertz CT molecular complexity index is 654. The van der Waals surface area contributed by atoms with Crippen LogP contribution in [0.15, 0.2) is 30.9 Å². The molecule has 0 bridgehead atoms. The zero-order chi connectivity index (χ0) is 16.1. The molecule has 1 amide bonds. The smallest absolute Gasteiger partial charge is 0.359 e.